The summed E-state index contributed by atoms with van der Waals surface area (Å²) in [5.74, 6) is 3.75. The molecule has 0 saturated carbocycles. The molecule has 2 saturated heterocycles. The summed E-state index contributed by atoms with van der Waals surface area (Å²) >= 11 is 0. The summed E-state index contributed by atoms with van der Waals surface area (Å²) in [6.07, 6.45) is 14.4. The van der Waals surface area contributed by atoms with Gasteiger partial charge in [0.25, 0.3) is 0 Å². The van der Waals surface area contributed by atoms with Crippen LogP contribution in [-0.2, 0) is 10.8 Å². The van der Waals surface area contributed by atoms with Crippen molar-refractivity contribution in [3.05, 3.63) is 78.1 Å². The number of aromatic nitrogens is 8. The van der Waals surface area contributed by atoms with Gasteiger partial charge in [0.2, 0.25) is 11.9 Å². The number of nitrogens with zero attached hydrogens (tertiary/aromatic N) is 8. The van der Waals surface area contributed by atoms with Crippen LogP contribution in [0.3, 0.4) is 0 Å². The highest BCUT2D eigenvalue weighted by atomic mass is 19.1. The quantitative estimate of drug-likeness (QED) is 0.0352. The first kappa shape index (κ1) is 54.1. The molecule has 0 aliphatic carbocycles. The van der Waals surface area contributed by atoms with E-state index in [0.29, 0.717) is 59.5 Å². The van der Waals surface area contributed by atoms with Crippen LogP contribution in [0, 0.1) is 5.82 Å². The van der Waals surface area contributed by atoms with Gasteiger partial charge in [-0.1, -0.05) is 54.4 Å². The van der Waals surface area contributed by atoms with Gasteiger partial charge in [0.15, 0.2) is 34.6 Å². The number of aromatic amines is 2. The lowest BCUT2D eigenvalue weighted by molar-refractivity contribution is 0.180. The van der Waals surface area contributed by atoms with E-state index in [-0.39, 0.29) is 22.6 Å². The maximum absolute atomic E-state index is 14.5. The Morgan fingerprint density at radius 1 is 0.616 bits per heavy atom. The highest BCUT2D eigenvalue weighted by Gasteiger charge is 2.27. The van der Waals surface area contributed by atoms with Gasteiger partial charge in [0.1, 0.15) is 24.8 Å². The number of H-pyrrole nitrogens is 2. The number of hydrogen-bond donors (Lipinski definition) is 6. The molecule has 19 heteroatoms. The third-order valence-corrected chi connectivity index (χ3v) is 14.7. The minimum atomic E-state index is -0.563. The molecule has 8 rings (SSSR count). The number of rotatable bonds is 23. The van der Waals surface area contributed by atoms with Crippen molar-refractivity contribution in [1.29, 1.82) is 0 Å². The molecule has 73 heavy (non-hydrogen) atoms. The standard InChI is InChI=1S/C27H38FN7O2.C27H39N7O2/c1-5-27(3,6-2)23-17-24(34-33-23)31-25-20(28)18-29-26(32-25)30-19-10-11-21(36-4)22(16-19)37-15-14-35-12-8-7-9-13-35;1-5-27(3,6-2)24-17-21(32-33-24)20-18-29-26(31-25(20)28)30-19-10-11-22(35-4)23(16-19)36-15-14-34-12-8-7-9-13-34/h10-11,16-18H,5-9,12-15H2,1-4H3,(H3,29,30,31,32,33,34);10-11,16-18H,5-9,12-15H2,1-4H3,(H,32,33)(H3,28,29,30,31). The molecule has 0 bridgehead atoms. The molecule has 2 fully saturated rings. The zero-order chi connectivity index (χ0) is 51.8. The van der Waals surface area contributed by atoms with Crippen molar-refractivity contribution in [2.24, 2.45) is 0 Å². The van der Waals surface area contributed by atoms with Crippen molar-refractivity contribution in [2.75, 3.05) is 88.4 Å². The van der Waals surface area contributed by atoms with Crippen molar-refractivity contribution in [1.82, 2.24) is 50.1 Å². The van der Waals surface area contributed by atoms with Gasteiger partial charge >= 0.3 is 0 Å². The van der Waals surface area contributed by atoms with E-state index in [9.17, 15) is 4.39 Å². The highest BCUT2D eigenvalue weighted by Crippen LogP contribution is 2.36. The van der Waals surface area contributed by atoms with Crippen LogP contribution in [0.25, 0.3) is 11.3 Å². The van der Waals surface area contributed by atoms with Gasteiger partial charge < -0.3 is 40.6 Å². The molecule has 0 amide bonds. The molecule has 394 valence electrons. The van der Waals surface area contributed by atoms with E-state index in [1.165, 1.54) is 38.5 Å². The predicted octanol–water partition coefficient (Wildman–Crippen LogP) is 10.9. The molecule has 4 aromatic heterocycles. The van der Waals surface area contributed by atoms with E-state index in [1.54, 1.807) is 20.4 Å². The van der Waals surface area contributed by atoms with E-state index in [2.05, 4.69) is 108 Å². The Morgan fingerprint density at radius 3 is 1.62 bits per heavy atom. The van der Waals surface area contributed by atoms with Gasteiger partial charge in [0.05, 0.1) is 43.1 Å². The van der Waals surface area contributed by atoms with Crippen molar-refractivity contribution in [3.63, 3.8) is 0 Å². The largest absolute Gasteiger partial charge is 0.493 e. The van der Waals surface area contributed by atoms with Crippen LogP contribution in [0.15, 0.2) is 60.9 Å². The molecule has 0 radical (unpaired) electrons. The van der Waals surface area contributed by atoms with Gasteiger partial charge in [-0.05, 0) is 108 Å². The molecule has 7 N–H and O–H groups in total. The van der Waals surface area contributed by atoms with Crippen molar-refractivity contribution in [2.45, 2.75) is 117 Å². The Labute approximate surface area is 430 Å². The van der Waals surface area contributed by atoms with E-state index in [1.807, 2.05) is 48.5 Å². The Hall–Kier alpha value is -6.73. The predicted molar refractivity (Wildman–Crippen MR) is 288 cm³/mol. The number of likely N-dealkylation sites (tertiary alicyclic amines) is 2. The van der Waals surface area contributed by atoms with Crippen molar-refractivity contribution >= 4 is 40.7 Å². The van der Waals surface area contributed by atoms with Gasteiger partial charge in [-0.25, -0.2) is 14.4 Å². The summed E-state index contributed by atoms with van der Waals surface area (Å²) in [5, 5.41) is 24.4. The summed E-state index contributed by atoms with van der Waals surface area (Å²) in [6.45, 7) is 20.5. The zero-order valence-electron chi connectivity index (χ0n) is 44.2. The summed E-state index contributed by atoms with van der Waals surface area (Å²) in [5.41, 5.74) is 11.3. The molecule has 6 heterocycles. The van der Waals surface area contributed by atoms with Crippen LogP contribution in [0.5, 0.6) is 23.0 Å². The maximum atomic E-state index is 14.5. The Kier molecular flexibility index (Phi) is 19.1. The highest BCUT2D eigenvalue weighted by molar-refractivity contribution is 5.72. The first-order valence-electron chi connectivity index (χ1n) is 26.0. The molecule has 0 atom stereocenters. The number of piperidine rings is 2. The Balaban J connectivity index is 0.000000214. The number of halogens is 1. The molecule has 0 spiro atoms. The number of nitrogen functional groups attached to an aromatic ring is 1. The maximum Gasteiger partial charge on any atom is 0.229 e. The third-order valence-electron chi connectivity index (χ3n) is 14.7. The molecule has 2 aliphatic heterocycles. The number of hydrogen-bond acceptors (Lipinski definition) is 16. The normalized spacial score (nSPS) is 14.5. The van der Waals surface area contributed by atoms with Gasteiger partial charge in [-0.15, -0.1) is 0 Å². The van der Waals surface area contributed by atoms with E-state index < -0.39 is 5.82 Å². The third kappa shape index (κ3) is 14.3. The van der Waals surface area contributed by atoms with Gasteiger partial charge in [-0.3, -0.25) is 20.0 Å². The van der Waals surface area contributed by atoms with Crippen LogP contribution >= 0.6 is 0 Å². The van der Waals surface area contributed by atoms with Gasteiger partial charge in [-0.2, -0.15) is 20.2 Å². The monoisotopic (exact) mass is 1000 g/mol. The van der Waals surface area contributed by atoms with Crippen LogP contribution in [-0.4, -0.2) is 117 Å². The van der Waals surface area contributed by atoms with Crippen molar-refractivity contribution < 1.29 is 23.3 Å². The van der Waals surface area contributed by atoms with E-state index in [4.69, 9.17) is 24.7 Å². The number of nitrogens with two attached hydrogens (primary N) is 1. The molecule has 18 nitrogen and oxygen atoms in total. The second kappa shape index (κ2) is 25.8. The molecule has 2 aliphatic rings. The average Bonchev–Trinajstić information content (AvgIpc) is 4.12. The Morgan fingerprint density at radius 2 is 1.11 bits per heavy atom. The zero-order valence-corrected chi connectivity index (χ0v) is 44.2. The Bertz CT molecular complexity index is 2660. The fourth-order valence-corrected chi connectivity index (χ4v) is 8.92. The van der Waals surface area contributed by atoms with Gasteiger partial charge in [0, 0.05) is 59.7 Å². The SMILES string of the molecule is CCC(C)(CC)c1cc(-c2cnc(Nc3ccc(OC)c(OCCN4CCCCC4)c3)nc2N)[nH]n1.CCC(C)(CC)c1cc(Nc2nc(Nc3ccc(OC)c(OCCN4CCCCC4)c3)ncc2F)[nH]n1. The lowest BCUT2D eigenvalue weighted by Crippen LogP contribution is -2.33. The second-order valence-corrected chi connectivity index (χ2v) is 19.4. The number of methoxy groups -OCH3 is 2. The first-order valence-corrected chi connectivity index (χ1v) is 26.0. The topological polar surface area (TPSA) is 214 Å². The number of ether oxygens (including phenoxy) is 4. The fourth-order valence-electron chi connectivity index (χ4n) is 8.92. The summed E-state index contributed by atoms with van der Waals surface area (Å²) in [4.78, 5) is 22.3. The molecule has 0 unspecified atom stereocenters. The van der Waals surface area contributed by atoms with Crippen LogP contribution < -0.4 is 40.6 Å². The molecular formula is C54H77FN14O4. The minimum Gasteiger partial charge on any atom is -0.493 e. The number of nitrogens with one attached hydrogen (secondary N) is 5. The molecule has 6 aromatic rings. The van der Waals surface area contributed by atoms with E-state index >= 15 is 0 Å². The molecule has 2 aromatic carbocycles. The number of anilines is 7. The molecular weight excluding hydrogens is 928 g/mol. The van der Waals surface area contributed by atoms with E-state index in [0.717, 1.165) is 99.5 Å². The second-order valence-electron chi connectivity index (χ2n) is 19.4. The number of benzene rings is 2. The van der Waals surface area contributed by atoms with Crippen molar-refractivity contribution in [3.8, 4) is 34.3 Å². The average molecular weight is 1010 g/mol. The lowest BCUT2D eigenvalue weighted by Gasteiger charge is -2.26. The van der Waals surface area contributed by atoms with Crippen LogP contribution in [0.2, 0.25) is 0 Å². The lowest BCUT2D eigenvalue weighted by atomic mass is 9.81. The summed E-state index contributed by atoms with van der Waals surface area (Å²) in [7, 11) is 3.26. The smallest absolute Gasteiger partial charge is 0.229 e. The summed E-state index contributed by atoms with van der Waals surface area (Å²) < 4.78 is 37.6. The fraction of sp³-hybridized carbons (Fsp3) is 0.519. The minimum absolute atomic E-state index is 0.0216. The van der Waals surface area contributed by atoms with Crippen LogP contribution in [0.4, 0.5) is 45.1 Å². The first-order chi connectivity index (χ1) is 35.4. The van der Waals surface area contributed by atoms with Crippen LogP contribution in [0.1, 0.15) is 117 Å². The summed E-state index contributed by atoms with van der Waals surface area (Å²) in [6, 6.07) is 15.1.